The van der Waals surface area contributed by atoms with Crippen LogP contribution in [-0.2, 0) is 4.79 Å². The number of nitrogens with one attached hydrogen (secondary N) is 1. The quantitative estimate of drug-likeness (QED) is 0.551. The van der Waals surface area contributed by atoms with Crippen LogP contribution in [0, 0.1) is 11.8 Å². The van der Waals surface area contributed by atoms with E-state index in [0.29, 0.717) is 0 Å². The summed E-state index contributed by atoms with van der Waals surface area (Å²) >= 11 is 0. The van der Waals surface area contributed by atoms with Gasteiger partial charge < -0.3 is 5.32 Å². The fourth-order valence-electron chi connectivity index (χ4n) is 4.73. The van der Waals surface area contributed by atoms with E-state index >= 15 is 0 Å². The molecular formula is C12H18N2O. The lowest BCUT2D eigenvalue weighted by Crippen LogP contribution is -2.63. The van der Waals surface area contributed by atoms with Gasteiger partial charge in [-0.25, -0.2) is 4.79 Å². The average Bonchev–Trinajstić information content (AvgIpc) is 2.15. The molecule has 2 unspecified atom stereocenters. The van der Waals surface area contributed by atoms with Crippen molar-refractivity contribution in [1.29, 1.82) is 0 Å². The first-order valence-corrected chi connectivity index (χ1v) is 5.97. The second-order valence-electron chi connectivity index (χ2n) is 5.92. The topological polar surface area (TPSA) is 41.5 Å². The minimum Gasteiger partial charge on any atom is -0.314 e. The van der Waals surface area contributed by atoms with Gasteiger partial charge in [-0.15, -0.1) is 0 Å². The Kier molecular flexibility index (Phi) is 1.87. The number of hydrogen-bond acceptors (Lipinski definition) is 3. The summed E-state index contributed by atoms with van der Waals surface area (Å²) in [6.07, 6.45) is 9.06. The van der Waals surface area contributed by atoms with Crippen LogP contribution in [0.2, 0.25) is 0 Å². The first kappa shape index (κ1) is 9.56. The summed E-state index contributed by atoms with van der Waals surface area (Å²) in [4.78, 5) is 14.7. The number of hydrogen-bond donors (Lipinski definition) is 1. The molecule has 0 amide bonds. The van der Waals surface area contributed by atoms with Gasteiger partial charge in [0.05, 0.1) is 5.54 Å². The molecule has 3 heteroatoms. The lowest BCUT2D eigenvalue weighted by Gasteiger charge is -2.60. The van der Waals surface area contributed by atoms with E-state index in [1.807, 2.05) is 6.08 Å². The van der Waals surface area contributed by atoms with Gasteiger partial charge in [-0.3, -0.25) is 0 Å². The van der Waals surface area contributed by atoms with Gasteiger partial charge in [0, 0.05) is 5.54 Å². The van der Waals surface area contributed by atoms with Crippen molar-refractivity contribution in [3.63, 3.8) is 0 Å². The van der Waals surface area contributed by atoms with Crippen molar-refractivity contribution >= 4 is 6.08 Å². The van der Waals surface area contributed by atoms with Gasteiger partial charge in [-0.1, -0.05) is 0 Å². The molecule has 4 bridgehead atoms. The first-order chi connectivity index (χ1) is 7.19. The van der Waals surface area contributed by atoms with Gasteiger partial charge in [-0.05, 0) is 57.4 Å². The zero-order chi connectivity index (χ0) is 10.5. The van der Waals surface area contributed by atoms with Crippen molar-refractivity contribution in [1.82, 2.24) is 5.32 Å². The molecule has 0 spiro atoms. The standard InChI is InChI=1S/C12H18N2O/c1-13-11-3-9-2-10(4-11)6-12(5-9,7-11)14-8-15/h9-10,13H,2-7H2,1H3. The molecule has 82 valence electrons. The Labute approximate surface area is 90.3 Å². The van der Waals surface area contributed by atoms with E-state index in [1.165, 1.54) is 19.3 Å². The third-order valence-electron chi connectivity index (χ3n) is 4.84. The Bertz CT molecular complexity index is 319. The zero-order valence-corrected chi connectivity index (χ0v) is 9.25. The molecule has 4 rings (SSSR count). The number of carbonyl (C=O) groups excluding carboxylic acids is 1. The second-order valence-corrected chi connectivity index (χ2v) is 5.92. The molecule has 15 heavy (non-hydrogen) atoms. The van der Waals surface area contributed by atoms with Crippen LogP contribution in [0.3, 0.4) is 0 Å². The number of nitrogens with zero attached hydrogens (tertiary/aromatic N) is 1. The van der Waals surface area contributed by atoms with Gasteiger partial charge in [0.1, 0.15) is 0 Å². The highest BCUT2D eigenvalue weighted by Gasteiger charge is 2.57. The molecule has 0 heterocycles. The van der Waals surface area contributed by atoms with Gasteiger partial charge in [-0.2, -0.15) is 4.99 Å². The molecule has 4 fully saturated rings. The molecule has 0 aromatic heterocycles. The van der Waals surface area contributed by atoms with Gasteiger partial charge >= 0.3 is 0 Å². The predicted octanol–water partition coefficient (Wildman–Crippen LogP) is 1.63. The Morgan fingerprint density at radius 1 is 1.27 bits per heavy atom. The number of aliphatic imine (C=N–C) groups is 1. The predicted molar refractivity (Wildman–Crippen MR) is 57.3 cm³/mol. The summed E-state index contributed by atoms with van der Waals surface area (Å²) in [6, 6.07) is 0. The van der Waals surface area contributed by atoms with Crippen LogP contribution >= 0.6 is 0 Å². The Morgan fingerprint density at radius 2 is 1.93 bits per heavy atom. The summed E-state index contributed by atoms with van der Waals surface area (Å²) in [6.45, 7) is 0. The highest BCUT2D eigenvalue weighted by atomic mass is 16.1. The molecule has 4 aliphatic carbocycles. The maximum Gasteiger partial charge on any atom is 0.235 e. The molecule has 0 radical (unpaired) electrons. The normalized spacial score (nSPS) is 51.5. The summed E-state index contributed by atoms with van der Waals surface area (Å²) in [5.41, 5.74) is 0.235. The monoisotopic (exact) mass is 206 g/mol. The van der Waals surface area contributed by atoms with Crippen molar-refractivity contribution in [2.45, 2.75) is 49.6 Å². The zero-order valence-electron chi connectivity index (χ0n) is 9.25. The third-order valence-corrected chi connectivity index (χ3v) is 4.84. The van der Waals surface area contributed by atoms with E-state index in [9.17, 15) is 4.79 Å². The van der Waals surface area contributed by atoms with Crippen LogP contribution in [0.4, 0.5) is 0 Å². The fourth-order valence-corrected chi connectivity index (χ4v) is 4.73. The van der Waals surface area contributed by atoms with E-state index in [-0.39, 0.29) is 11.1 Å². The minimum atomic E-state index is -0.0468. The van der Waals surface area contributed by atoms with Crippen molar-refractivity contribution in [2.75, 3.05) is 7.05 Å². The molecule has 1 N–H and O–H groups in total. The molecule has 0 aliphatic heterocycles. The van der Waals surface area contributed by atoms with E-state index in [2.05, 4.69) is 17.4 Å². The lowest BCUT2D eigenvalue weighted by atomic mass is 9.50. The lowest BCUT2D eigenvalue weighted by molar-refractivity contribution is -0.0309. The molecule has 3 nitrogen and oxygen atoms in total. The van der Waals surface area contributed by atoms with Crippen LogP contribution in [0.5, 0.6) is 0 Å². The van der Waals surface area contributed by atoms with Crippen LogP contribution in [0.25, 0.3) is 0 Å². The van der Waals surface area contributed by atoms with Gasteiger partial charge in [0.15, 0.2) is 0 Å². The SMILES string of the molecule is CNC12CC3CC(CC(N=C=O)(C3)C1)C2. The van der Waals surface area contributed by atoms with Crippen LogP contribution in [0.1, 0.15) is 38.5 Å². The molecule has 0 saturated heterocycles. The molecule has 2 atom stereocenters. The number of isocyanates is 1. The molecule has 0 aromatic rings. The van der Waals surface area contributed by atoms with E-state index in [1.54, 1.807) is 0 Å². The molecule has 0 aromatic carbocycles. The minimum absolute atomic E-state index is 0.0468. The summed E-state index contributed by atoms with van der Waals surface area (Å²) in [5.74, 6) is 1.58. The number of rotatable bonds is 2. The molecule has 4 saturated carbocycles. The highest BCUT2D eigenvalue weighted by Crippen LogP contribution is 2.58. The Morgan fingerprint density at radius 3 is 2.47 bits per heavy atom. The first-order valence-electron chi connectivity index (χ1n) is 5.97. The van der Waals surface area contributed by atoms with Crippen LogP contribution in [0.15, 0.2) is 4.99 Å². The molecular weight excluding hydrogens is 188 g/mol. The summed E-state index contributed by atoms with van der Waals surface area (Å²) in [5, 5.41) is 3.50. The van der Waals surface area contributed by atoms with E-state index in [4.69, 9.17) is 0 Å². The van der Waals surface area contributed by atoms with Gasteiger partial charge in [0.25, 0.3) is 0 Å². The van der Waals surface area contributed by atoms with Crippen molar-refractivity contribution in [2.24, 2.45) is 16.8 Å². The maximum atomic E-state index is 10.6. The van der Waals surface area contributed by atoms with Crippen molar-refractivity contribution < 1.29 is 4.79 Å². The fraction of sp³-hybridized carbons (Fsp3) is 0.917. The summed E-state index contributed by atoms with van der Waals surface area (Å²) < 4.78 is 0. The van der Waals surface area contributed by atoms with E-state index in [0.717, 1.165) is 31.1 Å². The Balaban J connectivity index is 1.98. The third kappa shape index (κ3) is 1.30. The van der Waals surface area contributed by atoms with Crippen LogP contribution in [-0.4, -0.2) is 24.2 Å². The average molecular weight is 206 g/mol. The van der Waals surface area contributed by atoms with Gasteiger partial charge in [0.2, 0.25) is 6.08 Å². The van der Waals surface area contributed by atoms with E-state index < -0.39 is 0 Å². The van der Waals surface area contributed by atoms with Crippen molar-refractivity contribution in [3.05, 3.63) is 0 Å². The smallest absolute Gasteiger partial charge is 0.235 e. The van der Waals surface area contributed by atoms with Crippen LogP contribution < -0.4 is 5.32 Å². The Hall–Kier alpha value is -0.660. The largest absolute Gasteiger partial charge is 0.314 e. The molecule has 4 aliphatic rings. The summed E-state index contributed by atoms with van der Waals surface area (Å²) in [7, 11) is 2.06. The second kappa shape index (κ2) is 2.93. The van der Waals surface area contributed by atoms with Crippen molar-refractivity contribution in [3.8, 4) is 0 Å². The highest BCUT2D eigenvalue weighted by molar-refractivity contribution is 5.36. The maximum absolute atomic E-state index is 10.6.